The number of amides is 1. The van der Waals surface area contributed by atoms with E-state index in [1.807, 2.05) is 78.9 Å². The zero-order valence-corrected chi connectivity index (χ0v) is 74.9. The van der Waals surface area contributed by atoms with Crippen molar-refractivity contribution in [1.29, 1.82) is 0 Å². The molecule has 0 saturated carbocycles. The number of nitrogens with zero attached hydrogens (tertiary/aromatic N) is 6. The zero-order valence-electron chi connectivity index (χ0n) is 74.9. The highest BCUT2D eigenvalue weighted by atomic mass is 16.8. The smallest absolute Gasteiger partial charge is 0.338 e. The third-order valence-corrected chi connectivity index (χ3v) is 22.6. The van der Waals surface area contributed by atoms with E-state index in [1.165, 1.54) is 6.92 Å². The van der Waals surface area contributed by atoms with Gasteiger partial charge in [0.05, 0.1) is 96.9 Å². The number of aliphatic hydroxyl groups is 2. The lowest BCUT2D eigenvalue weighted by atomic mass is 9.93. The van der Waals surface area contributed by atoms with E-state index in [9.17, 15) is 30.9 Å². The highest BCUT2D eigenvalue weighted by Gasteiger charge is 2.62. The largest absolute Gasteiger partial charge is 0.467 e. The predicted octanol–water partition coefficient (Wildman–Crippen LogP) is 11.7. The fraction of sp³-hybridized carbons (Fsp3) is 0.459. The maximum atomic E-state index is 15.5. The summed E-state index contributed by atoms with van der Waals surface area (Å²) >= 11 is 0. The van der Waals surface area contributed by atoms with E-state index < -0.39 is 214 Å². The molecule has 5 aliphatic rings. The van der Waals surface area contributed by atoms with Gasteiger partial charge in [-0.15, -0.1) is 0 Å². The van der Waals surface area contributed by atoms with Gasteiger partial charge in [0, 0.05) is 16.7 Å². The molecule has 708 valence electrons. The molecular formula is C98H113N7O28. The Morgan fingerprint density at radius 2 is 0.759 bits per heavy atom. The molecule has 5 heterocycles. The van der Waals surface area contributed by atoms with E-state index in [2.05, 4.69) is 25.4 Å². The zero-order chi connectivity index (χ0) is 93.8. The molecule has 0 unspecified atom stereocenters. The number of hydrogen-bond donors (Lipinski definition) is 3. The van der Waals surface area contributed by atoms with Crippen LogP contribution in [0.15, 0.2) is 253 Å². The number of nitrogens with one attached hydrogen (secondary N) is 1. The molecule has 5 saturated heterocycles. The number of benzene rings is 8. The van der Waals surface area contributed by atoms with Crippen LogP contribution >= 0.6 is 0 Å². The van der Waals surface area contributed by atoms with Crippen molar-refractivity contribution in [2.75, 3.05) is 34.0 Å². The van der Waals surface area contributed by atoms with Crippen molar-refractivity contribution in [3.63, 3.8) is 0 Å². The molecule has 8 aromatic rings. The first-order chi connectivity index (χ1) is 64.6. The van der Waals surface area contributed by atoms with E-state index in [0.717, 1.165) is 14.2 Å². The van der Waals surface area contributed by atoms with Gasteiger partial charge in [0.1, 0.15) is 104 Å². The number of ether oxygens (including phenoxy) is 21. The number of hydrogen-bond acceptors (Lipinski definition) is 30. The van der Waals surface area contributed by atoms with E-state index in [0.29, 0.717) is 38.9 Å². The summed E-state index contributed by atoms with van der Waals surface area (Å²) in [5.74, 6) is -4.38. The second-order valence-electron chi connectivity index (χ2n) is 33.6. The average molecular weight is 1840 g/mol. The number of aliphatic hydroxyl groups excluding tert-OH is 2. The monoisotopic (exact) mass is 1840 g/mol. The lowest BCUT2D eigenvalue weighted by Crippen LogP contribution is -2.70. The number of methoxy groups -OCH3 is 2. The van der Waals surface area contributed by atoms with Crippen molar-refractivity contribution in [2.45, 2.75) is 247 Å². The van der Waals surface area contributed by atoms with Crippen LogP contribution in [0.25, 0.3) is 20.9 Å². The second kappa shape index (κ2) is 49.3. The first kappa shape index (κ1) is 99.4. The molecule has 133 heavy (non-hydrogen) atoms. The number of carbonyl (C=O) groups is 5. The maximum absolute atomic E-state index is 15.5. The lowest BCUT2D eigenvalue weighted by Gasteiger charge is -2.52. The average Bonchev–Trinajstić information content (AvgIpc) is 0.750. The molecule has 3 N–H and O–H groups in total. The van der Waals surface area contributed by atoms with Gasteiger partial charge in [0.2, 0.25) is 5.91 Å². The summed E-state index contributed by atoms with van der Waals surface area (Å²) in [4.78, 5) is 80.4. The van der Waals surface area contributed by atoms with Gasteiger partial charge in [0.15, 0.2) is 49.8 Å². The highest BCUT2D eigenvalue weighted by Crippen LogP contribution is 2.43. The molecule has 25 atom stereocenters. The Hall–Kier alpha value is -11.0. The van der Waals surface area contributed by atoms with Crippen LogP contribution in [0.2, 0.25) is 0 Å². The van der Waals surface area contributed by atoms with Crippen molar-refractivity contribution in [1.82, 2.24) is 5.32 Å². The van der Waals surface area contributed by atoms with Crippen LogP contribution in [0, 0.1) is 5.41 Å². The Morgan fingerprint density at radius 3 is 1.17 bits per heavy atom. The minimum atomic E-state index is -2.06. The molecule has 5 aliphatic heterocycles. The normalized spacial score (nSPS) is 28.7. The van der Waals surface area contributed by atoms with Gasteiger partial charge in [-0.25, -0.2) is 14.4 Å². The van der Waals surface area contributed by atoms with Crippen LogP contribution in [0.4, 0.5) is 0 Å². The first-order valence-corrected chi connectivity index (χ1v) is 43.9. The SMILES string of the molecule is COC(=O)[C@@H]1O[C@@H](O[C@H]2[C@H](OCc3ccccc3)[C@@H](NC(C)=O)[C@@H](OC(C)C)O[C@@H]2COC(=O)c2ccccc2)[C@H](OC(=O)C(C)(C)C)[C@@H](OCc2ccccc2)[C@@H]1O[C@H]1O[C@H](COCc2ccccc2)[C@@H](O[C@@H]2O[C@@H](C(=O)OC)[C@@H](O[C@H]3O[C@H](CO)[C@@H](O)[C@H](OCc4ccccc4)[C@H]3N=[N+]=[N-])[C@H](OCc3ccccc3)[C@H]2OCc2ccccc2)[C@H](OCc2ccccc2)[C@H]1N=[N+]=[N-]. The van der Waals surface area contributed by atoms with Crippen LogP contribution in [0.1, 0.15) is 90.8 Å². The molecule has 0 radical (unpaired) electrons. The van der Waals surface area contributed by atoms with Gasteiger partial charge >= 0.3 is 23.9 Å². The minimum Gasteiger partial charge on any atom is -0.467 e. The van der Waals surface area contributed by atoms with Gasteiger partial charge < -0.3 is 115 Å². The maximum Gasteiger partial charge on any atom is 0.338 e. The minimum absolute atomic E-state index is 0.0712. The Labute approximate surface area is 770 Å². The molecular weight excluding hydrogens is 1720 g/mol. The van der Waals surface area contributed by atoms with Crippen LogP contribution in [0.3, 0.4) is 0 Å². The number of azide groups is 2. The van der Waals surface area contributed by atoms with Crippen LogP contribution in [0.5, 0.6) is 0 Å². The lowest BCUT2D eigenvalue weighted by molar-refractivity contribution is -0.385. The molecule has 0 aromatic heterocycles. The van der Waals surface area contributed by atoms with Gasteiger partial charge in [0.25, 0.3) is 0 Å². The fourth-order valence-corrected chi connectivity index (χ4v) is 16.0. The Balaban J connectivity index is 0.946. The summed E-state index contributed by atoms with van der Waals surface area (Å²) in [6.07, 6.45) is -37.7. The van der Waals surface area contributed by atoms with Gasteiger partial charge in [-0.1, -0.05) is 241 Å². The molecule has 0 bridgehead atoms. The molecule has 13 rings (SSSR count). The van der Waals surface area contributed by atoms with Crippen LogP contribution in [-0.4, -0.2) is 233 Å². The Morgan fingerprint density at radius 1 is 0.414 bits per heavy atom. The molecule has 8 aromatic carbocycles. The van der Waals surface area contributed by atoms with E-state index in [4.69, 9.17) is 99.5 Å². The summed E-state index contributed by atoms with van der Waals surface area (Å²) in [7, 11) is 2.20. The quantitative estimate of drug-likeness (QED) is 0.0105. The molecule has 0 aliphatic carbocycles. The summed E-state index contributed by atoms with van der Waals surface area (Å²) in [6.45, 7) is 6.42. The topological polar surface area (TPSA) is 429 Å². The van der Waals surface area contributed by atoms with Crippen molar-refractivity contribution < 1.29 is 134 Å². The number of carbonyl (C=O) groups excluding carboxylic acids is 5. The van der Waals surface area contributed by atoms with E-state index in [1.54, 1.807) is 198 Å². The van der Waals surface area contributed by atoms with Crippen molar-refractivity contribution in [3.05, 3.63) is 308 Å². The summed E-state index contributed by atoms with van der Waals surface area (Å²) < 4.78 is 143. The third kappa shape index (κ3) is 27.0. The molecule has 35 nitrogen and oxygen atoms in total. The van der Waals surface area contributed by atoms with E-state index >= 15 is 14.4 Å². The summed E-state index contributed by atoms with van der Waals surface area (Å²) in [5.41, 5.74) is 24.9. The van der Waals surface area contributed by atoms with Crippen LogP contribution < -0.4 is 5.32 Å². The predicted molar refractivity (Wildman–Crippen MR) is 472 cm³/mol. The van der Waals surface area contributed by atoms with Crippen molar-refractivity contribution >= 4 is 29.8 Å². The van der Waals surface area contributed by atoms with E-state index in [-0.39, 0.29) is 51.8 Å². The standard InChI is InChI=1S/C98H113N7O28/c1-59(2)123-92-72(101-60(3)107)79(117-52-63-37-21-11-22-38-63)77(71(126-92)58-122-89(109)68-47-31-16-32-48-68)128-96-88(133-97(112)98(4,5)6)82(120-55-66-43-27-14-28-44-66)84(86(132-96)91(111)114-8)130-94-74(103-105-100)80(118-53-64-39-23-12-24-40-64)76(70(125-94)57-115-50-61-33-17-9-18-34-61)127-95-87(121-56-67-45-29-15-30-46-67)81(119-54-65-41-25-13-26-42-65)83(85(131-95)90(110)113-7)129-93-73(102-104-99)78(75(108)69(49-106)124-93)116-51-62-35-19-10-20-36-62/h9-48,59,69-88,92-96,106,108H,49-58H2,1-8H3,(H,101,107)/t69-,70-,71-,72-,73-,74-,75-,76-,77-,78-,79-,80-,81+,82+,83+,84+,85-,86-,87-,88-,92+,93-,94-,95-,96-/m1/s1. The molecule has 35 heteroatoms. The molecule has 1 amide bonds. The van der Waals surface area contributed by atoms with Gasteiger partial charge in [-0.2, -0.15) is 0 Å². The molecule has 5 fully saturated rings. The van der Waals surface area contributed by atoms with Gasteiger partial charge in [-0.05, 0) is 96.8 Å². The fourth-order valence-electron chi connectivity index (χ4n) is 16.0. The first-order valence-electron chi connectivity index (χ1n) is 43.9. The Kier molecular flexibility index (Phi) is 36.8. The highest BCUT2D eigenvalue weighted by molar-refractivity contribution is 5.89. The molecule has 0 spiro atoms. The van der Waals surface area contributed by atoms with Gasteiger partial charge in [-0.3, -0.25) is 9.59 Å². The van der Waals surface area contributed by atoms with Crippen LogP contribution in [-0.2, 0) is 165 Å². The Bertz CT molecular complexity index is 5030. The summed E-state index contributed by atoms with van der Waals surface area (Å²) in [5, 5.41) is 34.4. The van der Waals surface area contributed by atoms with Crippen molar-refractivity contribution in [2.24, 2.45) is 15.6 Å². The summed E-state index contributed by atoms with van der Waals surface area (Å²) in [6, 6.07) is 66.5. The van der Waals surface area contributed by atoms with Crippen molar-refractivity contribution in [3.8, 4) is 0 Å². The number of esters is 4. The third-order valence-electron chi connectivity index (χ3n) is 22.6. The number of rotatable bonds is 42. The second-order valence-corrected chi connectivity index (χ2v) is 33.6.